The van der Waals surface area contributed by atoms with Crippen LogP contribution in [0.25, 0.3) is 0 Å². The zero-order valence-electron chi connectivity index (χ0n) is 10.8. The van der Waals surface area contributed by atoms with Gasteiger partial charge in [-0.15, -0.1) is 0 Å². The average Bonchev–Trinajstić information content (AvgIpc) is 2.11. The number of rotatable bonds is 7. The van der Waals surface area contributed by atoms with E-state index in [0.29, 0.717) is 12.5 Å². The molecule has 0 aliphatic rings. The molecule has 0 saturated carbocycles. The third-order valence-corrected chi connectivity index (χ3v) is 3.50. The van der Waals surface area contributed by atoms with E-state index in [9.17, 15) is 4.91 Å². The quantitative estimate of drug-likeness (QED) is 0.662. The largest absolute Gasteiger partial charge is 0.330 e. The molecule has 90 valence electrons. The maximum Gasteiger partial charge on any atom is 0.0816 e. The maximum absolute atomic E-state index is 10.1. The molecule has 0 rings (SSSR count). The summed E-state index contributed by atoms with van der Waals surface area (Å²) in [7, 11) is 0. The number of nitroso groups, excluding NO2 is 1. The van der Waals surface area contributed by atoms with Crippen LogP contribution in [0.1, 0.15) is 47.5 Å². The lowest BCUT2D eigenvalue weighted by Crippen LogP contribution is -2.33. The first-order valence-corrected chi connectivity index (χ1v) is 5.74. The lowest BCUT2D eigenvalue weighted by atomic mass is 9.68. The topological polar surface area (TPSA) is 55.4 Å². The highest BCUT2D eigenvalue weighted by atomic mass is 16.3. The van der Waals surface area contributed by atoms with Crippen LogP contribution in [0.4, 0.5) is 0 Å². The standard InChI is InChI=1S/C12H26N2O/c1-10(8-13)12(4,5)9-11(2,3)6-7-14-15/h10H,6-9,13H2,1-5H3. The van der Waals surface area contributed by atoms with E-state index in [1.54, 1.807) is 0 Å². The Kier molecular flexibility index (Phi) is 5.43. The van der Waals surface area contributed by atoms with E-state index in [-0.39, 0.29) is 10.8 Å². The van der Waals surface area contributed by atoms with Crippen molar-refractivity contribution in [1.29, 1.82) is 0 Å². The van der Waals surface area contributed by atoms with Crippen molar-refractivity contribution < 1.29 is 0 Å². The SMILES string of the molecule is CC(CN)C(C)(C)CC(C)(C)CCN=O. The number of hydrogen-bond acceptors (Lipinski definition) is 3. The molecule has 1 unspecified atom stereocenters. The summed E-state index contributed by atoms with van der Waals surface area (Å²) in [6.07, 6.45) is 1.94. The molecule has 0 aromatic heterocycles. The van der Waals surface area contributed by atoms with Crippen molar-refractivity contribution in [3.63, 3.8) is 0 Å². The van der Waals surface area contributed by atoms with Gasteiger partial charge >= 0.3 is 0 Å². The van der Waals surface area contributed by atoms with Gasteiger partial charge in [-0.25, -0.2) is 0 Å². The van der Waals surface area contributed by atoms with Crippen LogP contribution in [0.15, 0.2) is 5.18 Å². The Labute approximate surface area is 93.8 Å². The minimum absolute atomic E-state index is 0.167. The van der Waals surface area contributed by atoms with E-state index in [2.05, 4.69) is 39.8 Å². The summed E-state index contributed by atoms with van der Waals surface area (Å²) >= 11 is 0. The molecule has 0 amide bonds. The number of hydrogen-bond donors (Lipinski definition) is 1. The highest BCUT2D eigenvalue weighted by Crippen LogP contribution is 2.40. The van der Waals surface area contributed by atoms with Gasteiger partial charge in [0.2, 0.25) is 0 Å². The molecule has 0 spiro atoms. The fourth-order valence-electron chi connectivity index (χ4n) is 2.16. The Morgan fingerprint density at radius 2 is 1.80 bits per heavy atom. The molecular weight excluding hydrogens is 188 g/mol. The van der Waals surface area contributed by atoms with Gasteiger partial charge in [0.15, 0.2) is 0 Å². The Balaban J connectivity index is 4.34. The number of nitrogens with two attached hydrogens (primary N) is 1. The maximum atomic E-state index is 10.1. The predicted octanol–water partition coefficient (Wildman–Crippen LogP) is 3.18. The van der Waals surface area contributed by atoms with Crippen LogP contribution in [0.3, 0.4) is 0 Å². The third kappa shape index (κ3) is 5.26. The summed E-state index contributed by atoms with van der Waals surface area (Å²) in [6.45, 7) is 12.2. The molecule has 0 aliphatic heterocycles. The molecule has 2 N–H and O–H groups in total. The second-order valence-electron chi connectivity index (χ2n) is 6.07. The summed E-state index contributed by atoms with van der Waals surface area (Å²) in [5.74, 6) is 0.501. The third-order valence-electron chi connectivity index (χ3n) is 3.50. The molecule has 3 nitrogen and oxygen atoms in total. The molecule has 0 aromatic rings. The van der Waals surface area contributed by atoms with Gasteiger partial charge < -0.3 is 5.73 Å². The van der Waals surface area contributed by atoms with Crippen molar-refractivity contribution in [3.8, 4) is 0 Å². The van der Waals surface area contributed by atoms with Crippen LogP contribution in [-0.4, -0.2) is 13.1 Å². The van der Waals surface area contributed by atoms with E-state index in [1.165, 1.54) is 0 Å². The Bertz CT molecular complexity index is 200. The molecule has 15 heavy (non-hydrogen) atoms. The van der Waals surface area contributed by atoms with Crippen LogP contribution < -0.4 is 5.73 Å². The zero-order chi connectivity index (χ0) is 12.1. The van der Waals surface area contributed by atoms with Crippen molar-refractivity contribution in [2.75, 3.05) is 13.1 Å². The van der Waals surface area contributed by atoms with Crippen molar-refractivity contribution in [3.05, 3.63) is 4.91 Å². The Morgan fingerprint density at radius 3 is 2.20 bits per heavy atom. The second-order valence-corrected chi connectivity index (χ2v) is 6.07. The lowest BCUT2D eigenvalue weighted by Gasteiger charge is -2.38. The summed E-state index contributed by atoms with van der Waals surface area (Å²) < 4.78 is 0. The molecule has 3 heteroatoms. The molecular formula is C12H26N2O. The van der Waals surface area contributed by atoms with Gasteiger partial charge in [0.25, 0.3) is 0 Å². The first kappa shape index (κ1) is 14.6. The van der Waals surface area contributed by atoms with Crippen LogP contribution in [0.5, 0.6) is 0 Å². The van der Waals surface area contributed by atoms with Gasteiger partial charge in [0.05, 0.1) is 6.54 Å². The molecule has 0 fully saturated rings. The van der Waals surface area contributed by atoms with Crippen molar-refractivity contribution in [2.24, 2.45) is 27.7 Å². The summed E-state index contributed by atoms with van der Waals surface area (Å²) in [6, 6.07) is 0. The van der Waals surface area contributed by atoms with Gasteiger partial charge in [-0.1, -0.05) is 39.8 Å². The van der Waals surface area contributed by atoms with Crippen molar-refractivity contribution >= 4 is 0 Å². The van der Waals surface area contributed by atoms with Crippen LogP contribution >= 0.6 is 0 Å². The molecule has 0 aliphatic carbocycles. The first-order chi connectivity index (χ1) is 6.75. The minimum Gasteiger partial charge on any atom is -0.330 e. The van der Waals surface area contributed by atoms with Gasteiger partial charge in [0, 0.05) is 0 Å². The lowest BCUT2D eigenvalue weighted by molar-refractivity contribution is 0.129. The van der Waals surface area contributed by atoms with Crippen molar-refractivity contribution in [2.45, 2.75) is 47.5 Å². The molecule has 0 aromatic carbocycles. The molecule has 0 bridgehead atoms. The second kappa shape index (κ2) is 5.59. The fourth-order valence-corrected chi connectivity index (χ4v) is 2.16. The first-order valence-electron chi connectivity index (χ1n) is 5.74. The van der Waals surface area contributed by atoms with Gasteiger partial charge in [0.1, 0.15) is 0 Å². The van der Waals surface area contributed by atoms with E-state index in [1.807, 2.05) is 0 Å². The Morgan fingerprint density at radius 1 is 1.27 bits per heavy atom. The Hall–Kier alpha value is -0.440. The smallest absolute Gasteiger partial charge is 0.0816 e. The monoisotopic (exact) mass is 214 g/mol. The van der Waals surface area contributed by atoms with Crippen LogP contribution in [0, 0.1) is 21.7 Å². The van der Waals surface area contributed by atoms with Gasteiger partial charge in [-0.2, -0.15) is 4.91 Å². The van der Waals surface area contributed by atoms with E-state index < -0.39 is 0 Å². The van der Waals surface area contributed by atoms with Gasteiger partial charge in [-0.3, -0.25) is 0 Å². The normalized spacial score (nSPS) is 15.1. The van der Waals surface area contributed by atoms with Crippen molar-refractivity contribution in [1.82, 2.24) is 0 Å². The fraction of sp³-hybridized carbons (Fsp3) is 1.00. The van der Waals surface area contributed by atoms with E-state index in [0.717, 1.165) is 19.4 Å². The van der Waals surface area contributed by atoms with Crippen LogP contribution in [-0.2, 0) is 0 Å². The summed E-state index contributed by atoms with van der Waals surface area (Å²) in [4.78, 5) is 10.1. The molecule has 0 saturated heterocycles. The zero-order valence-corrected chi connectivity index (χ0v) is 10.8. The molecule has 0 heterocycles. The summed E-state index contributed by atoms with van der Waals surface area (Å²) in [5.41, 5.74) is 6.10. The number of nitrogens with zero attached hydrogens (tertiary/aromatic N) is 1. The van der Waals surface area contributed by atoms with Crippen LogP contribution in [0.2, 0.25) is 0 Å². The molecule has 0 radical (unpaired) electrons. The van der Waals surface area contributed by atoms with E-state index in [4.69, 9.17) is 5.73 Å². The highest BCUT2D eigenvalue weighted by molar-refractivity contribution is 4.83. The minimum atomic E-state index is 0.167. The van der Waals surface area contributed by atoms with E-state index >= 15 is 0 Å². The highest BCUT2D eigenvalue weighted by Gasteiger charge is 2.32. The van der Waals surface area contributed by atoms with Gasteiger partial charge in [-0.05, 0) is 36.1 Å². The predicted molar refractivity (Wildman–Crippen MR) is 65.7 cm³/mol. The average molecular weight is 214 g/mol. The molecule has 1 atom stereocenters. The summed E-state index contributed by atoms with van der Waals surface area (Å²) in [5, 5.41) is 2.94.